The molecule has 0 radical (unpaired) electrons. The van der Waals surface area contributed by atoms with Gasteiger partial charge < -0.3 is 0 Å². The van der Waals surface area contributed by atoms with E-state index in [2.05, 4.69) is 9.97 Å². The predicted molar refractivity (Wildman–Crippen MR) is 207 cm³/mol. The van der Waals surface area contributed by atoms with Gasteiger partial charge in [0.15, 0.2) is 23.3 Å². The lowest BCUT2D eigenvalue weighted by molar-refractivity contribution is 0.0701. The first-order valence-corrected chi connectivity index (χ1v) is 20.7. The quantitative estimate of drug-likeness (QED) is 0.0314. The molecule has 2 heterocycles. The third kappa shape index (κ3) is 11.2. The van der Waals surface area contributed by atoms with Gasteiger partial charge in [-0.2, -0.15) is 4.31 Å². The molecular weight excluding hydrogens is 909 g/mol. The molecule has 2 aromatic heterocycles. The summed E-state index contributed by atoms with van der Waals surface area (Å²) in [5, 5.41) is 17.3. The largest absolute Gasteiger partial charge is 0.288 e. The average Bonchev–Trinajstić information content (AvgIpc) is 3.28. The van der Waals surface area contributed by atoms with Crippen LogP contribution in [0, 0.1) is 46.5 Å². The maximum Gasteiger partial charge on any atom is 0.274 e. The molecule has 64 heavy (non-hydrogen) atoms. The Hall–Kier alpha value is -6.86. The fourth-order valence-corrected chi connectivity index (χ4v) is 8.65. The lowest BCUT2D eigenvalue weighted by atomic mass is 10.1. The molecular formula is C40H30F8N6O8S2. The zero-order valence-electron chi connectivity index (χ0n) is 32.2. The van der Waals surface area contributed by atoms with Gasteiger partial charge in [0.1, 0.15) is 28.2 Å². The SMILES string of the molecule is O=C(NO)c1cc(F)c(CN(CCc2cncc(F)c2)S(=O)(=O)c2cccc(F)c2)c(F)c1.O=C(NO)c1ccc(CN(c2cccnc2)S(=O)(=O)c2cc(F)c(F)c(F)c2F)cc1. The Labute approximate surface area is 358 Å². The standard InChI is InChI=1S/C21H17F4N3O4S.C19H13F4N3O4S/c22-15-2-1-3-17(9-15)33(31,32)28(5-4-13-6-16(23)11-26-10-13)12-18-19(24)7-14(8-20(18)25)21(29)27-30;20-14-8-15(17(22)18(23)16(14)21)31(29,30)26(13-2-1-7-24-9-13)10-11-3-5-12(6-4-11)19(27)25-28/h1-3,6-11,30H,4-5,12H2,(H,27,29);1-9,28H,10H2,(H,25,27). The van der Waals surface area contributed by atoms with Crippen molar-refractivity contribution in [3.05, 3.63) is 184 Å². The molecule has 0 aliphatic rings. The minimum Gasteiger partial charge on any atom is -0.288 e. The second kappa shape index (κ2) is 20.5. The number of carbonyl (C=O) groups is 2. The van der Waals surface area contributed by atoms with Crippen LogP contribution in [-0.4, -0.2) is 59.9 Å². The van der Waals surface area contributed by atoms with E-state index in [-0.39, 0.29) is 30.3 Å². The van der Waals surface area contributed by atoms with Crippen LogP contribution in [0.1, 0.15) is 37.4 Å². The van der Waals surface area contributed by atoms with Crippen molar-refractivity contribution in [2.75, 3.05) is 10.8 Å². The normalized spacial score (nSPS) is 11.4. The number of halogens is 8. The molecule has 2 amide bonds. The average molecular weight is 939 g/mol. The van der Waals surface area contributed by atoms with Crippen molar-refractivity contribution in [3.63, 3.8) is 0 Å². The number of carbonyl (C=O) groups excluding carboxylic acids is 2. The number of nitrogens with zero attached hydrogens (tertiary/aromatic N) is 4. The highest BCUT2D eigenvalue weighted by molar-refractivity contribution is 7.92. The molecule has 0 bridgehead atoms. The molecule has 6 rings (SSSR count). The molecule has 0 aliphatic heterocycles. The van der Waals surface area contributed by atoms with E-state index in [0.29, 0.717) is 31.9 Å². The molecule has 24 heteroatoms. The summed E-state index contributed by atoms with van der Waals surface area (Å²) in [6, 6.07) is 14.5. The van der Waals surface area contributed by atoms with Crippen molar-refractivity contribution in [2.24, 2.45) is 0 Å². The number of pyridine rings is 2. The number of rotatable bonds is 14. The second-order valence-corrected chi connectivity index (χ2v) is 16.8. The van der Waals surface area contributed by atoms with Gasteiger partial charge in [-0.3, -0.25) is 34.3 Å². The summed E-state index contributed by atoms with van der Waals surface area (Å²) in [4.78, 5) is 28.5. The van der Waals surface area contributed by atoms with Gasteiger partial charge in [0.25, 0.3) is 21.8 Å². The van der Waals surface area contributed by atoms with Crippen molar-refractivity contribution in [1.29, 1.82) is 0 Å². The first-order valence-electron chi connectivity index (χ1n) is 17.8. The molecule has 0 fully saturated rings. The number of hydrogen-bond acceptors (Lipinski definition) is 10. The van der Waals surface area contributed by atoms with Crippen LogP contribution in [0.2, 0.25) is 0 Å². The summed E-state index contributed by atoms with van der Waals surface area (Å²) in [6.07, 6.45) is 4.67. The van der Waals surface area contributed by atoms with Crippen LogP contribution in [0.4, 0.5) is 40.8 Å². The van der Waals surface area contributed by atoms with Gasteiger partial charge >= 0.3 is 0 Å². The zero-order valence-corrected chi connectivity index (χ0v) is 33.8. The number of hydrogen-bond donors (Lipinski definition) is 4. The Kier molecular flexibility index (Phi) is 15.5. The van der Waals surface area contributed by atoms with E-state index in [1.165, 1.54) is 65.8 Å². The number of amides is 2. The van der Waals surface area contributed by atoms with Gasteiger partial charge in [0, 0.05) is 48.2 Å². The zero-order chi connectivity index (χ0) is 46.9. The van der Waals surface area contributed by atoms with Gasteiger partial charge in [-0.25, -0.2) is 62.9 Å². The highest BCUT2D eigenvalue weighted by atomic mass is 32.2. The highest BCUT2D eigenvalue weighted by Crippen LogP contribution is 2.30. The smallest absolute Gasteiger partial charge is 0.274 e. The van der Waals surface area contributed by atoms with Gasteiger partial charge in [-0.05, 0) is 78.2 Å². The Morgan fingerprint density at radius 3 is 1.84 bits per heavy atom. The first-order chi connectivity index (χ1) is 30.3. The fraction of sp³-hybridized carbons (Fsp3) is 0.100. The minimum absolute atomic E-state index is 0.0567. The van der Waals surface area contributed by atoms with Crippen LogP contribution >= 0.6 is 0 Å². The van der Waals surface area contributed by atoms with E-state index < -0.39 is 112 Å². The summed E-state index contributed by atoms with van der Waals surface area (Å²) >= 11 is 0. The summed E-state index contributed by atoms with van der Waals surface area (Å²) in [5.41, 5.74) is 2.09. The molecule has 14 nitrogen and oxygen atoms in total. The van der Waals surface area contributed by atoms with Crippen LogP contribution in [0.15, 0.2) is 120 Å². The number of sulfonamides is 2. The van der Waals surface area contributed by atoms with Crippen LogP contribution in [0.3, 0.4) is 0 Å². The maximum absolute atomic E-state index is 14.6. The molecule has 0 unspecified atom stereocenters. The van der Waals surface area contributed by atoms with Crippen molar-refractivity contribution in [2.45, 2.75) is 29.3 Å². The van der Waals surface area contributed by atoms with E-state index >= 15 is 0 Å². The van der Waals surface area contributed by atoms with Crippen molar-refractivity contribution >= 4 is 37.5 Å². The van der Waals surface area contributed by atoms with Crippen molar-refractivity contribution in [3.8, 4) is 0 Å². The van der Waals surface area contributed by atoms with Gasteiger partial charge in [0.2, 0.25) is 10.0 Å². The van der Waals surface area contributed by atoms with Crippen LogP contribution < -0.4 is 15.3 Å². The maximum atomic E-state index is 14.6. The van der Waals surface area contributed by atoms with Crippen molar-refractivity contribution < 1.29 is 72.0 Å². The van der Waals surface area contributed by atoms with Crippen LogP contribution in [0.5, 0.6) is 0 Å². The Morgan fingerprint density at radius 2 is 1.25 bits per heavy atom. The minimum atomic E-state index is -4.92. The Morgan fingerprint density at radius 1 is 0.594 bits per heavy atom. The van der Waals surface area contributed by atoms with Crippen molar-refractivity contribution in [1.82, 2.24) is 25.2 Å². The predicted octanol–water partition coefficient (Wildman–Crippen LogP) is 6.34. The number of benzene rings is 4. The van der Waals surface area contributed by atoms with E-state index in [1.807, 2.05) is 0 Å². The van der Waals surface area contributed by atoms with E-state index in [4.69, 9.17) is 10.4 Å². The van der Waals surface area contributed by atoms with Crippen LogP contribution in [0.25, 0.3) is 0 Å². The molecule has 0 spiro atoms. The summed E-state index contributed by atoms with van der Waals surface area (Å²) in [7, 11) is -9.36. The molecule has 0 aliphatic carbocycles. The number of anilines is 1. The van der Waals surface area contributed by atoms with E-state index in [9.17, 15) is 61.5 Å². The molecule has 0 atom stereocenters. The van der Waals surface area contributed by atoms with E-state index in [0.717, 1.165) is 36.7 Å². The second-order valence-electron chi connectivity index (χ2n) is 13.1. The molecule has 0 saturated heterocycles. The first kappa shape index (κ1) is 48.2. The summed E-state index contributed by atoms with van der Waals surface area (Å²) < 4.78 is 165. The number of nitrogens with one attached hydrogen (secondary N) is 2. The summed E-state index contributed by atoms with van der Waals surface area (Å²) in [6.45, 7) is -1.60. The van der Waals surface area contributed by atoms with Gasteiger partial charge in [0.05, 0.1) is 29.5 Å². The third-order valence-corrected chi connectivity index (χ3v) is 12.5. The number of aromatic nitrogens is 2. The van der Waals surface area contributed by atoms with E-state index in [1.54, 1.807) is 0 Å². The molecule has 4 aromatic carbocycles. The fourth-order valence-electron chi connectivity index (χ4n) is 5.70. The molecule has 6 aromatic rings. The molecule has 336 valence electrons. The van der Waals surface area contributed by atoms with Gasteiger partial charge in [-0.15, -0.1) is 0 Å². The Balaban J connectivity index is 0.000000241. The summed E-state index contributed by atoms with van der Waals surface area (Å²) in [5.74, 6) is -14.3. The molecule has 0 saturated carbocycles. The lowest BCUT2D eigenvalue weighted by Crippen LogP contribution is -2.33. The Bertz CT molecular complexity index is 2880. The molecule has 4 N–H and O–H groups in total. The lowest BCUT2D eigenvalue weighted by Gasteiger charge is -2.24. The third-order valence-electron chi connectivity index (χ3n) is 8.90. The topological polar surface area (TPSA) is 199 Å². The highest BCUT2D eigenvalue weighted by Gasteiger charge is 2.33. The van der Waals surface area contributed by atoms with Gasteiger partial charge in [-0.1, -0.05) is 18.2 Å². The monoisotopic (exact) mass is 938 g/mol. The van der Waals surface area contributed by atoms with Crippen LogP contribution in [-0.2, 0) is 39.6 Å². The number of hydroxylamine groups is 2.